The number of nitrogens with zero attached hydrogens (tertiary/aromatic N) is 3. The largest absolute Gasteiger partial charge is 0.504 e. The van der Waals surface area contributed by atoms with Crippen molar-refractivity contribution >= 4 is 40.3 Å². The zero-order valence-corrected chi connectivity index (χ0v) is 17.5. The molecule has 8 nitrogen and oxygen atoms in total. The monoisotopic (exact) mass is 431 g/mol. The minimum Gasteiger partial charge on any atom is -0.504 e. The van der Waals surface area contributed by atoms with Crippen molar-refractivity contribution in [1.82, 2.24) is 20.3 Å². The number of nitrogens with one attached hydrogen (secondary N) is 2. The van der Waals surface area contributed by atoms with Crippen molar-refractivity contribution in [3.8, 4) is 28.8 Å². The maximum Gasteiger partial charge on any atom is 0.230 e. The lowest BCUT2D eigenvalue weighted by Gasteiger charge is -2.11. The maximum absolute atomic E-state index is 12.0. The van der Waals surface area contributed by atoms with E-state index in [0.717, 1.165) is 11.8 Å². The molecule has 10 heteroatoms. The predicted octanol–water partition coefficient (Wildman–Crippen LogP) is 3.48. The number of phenolic OH excluding ortho intramolecular Hbond substituents is 1. The summed E-state index contributed by atoms with van der Waals surface area (Å²) in [5.41, 5.74) is 1.57. The number of carbonyl (C=O) groups is 1. The number of thioether (sulfide) groups is 1. The molecule has 2 heterocycles. The van der Waals surface area contributed by atoms with Crippen LogP contribution >= 0.6 is 23.4 Å². The normalized spacial score (nSPS) is 10.9. The maximum atomic E-state index is 12.0. The van der Waals surface area contributed by atoms with E-state index in [9.17, 15) is 15.2 Å². The highest BCUT2D eigenvalue weighted by Gasteiger charge is 2.20. The van der Waals surface area contributed by atoms with Gasteiger partial charge in [-0.05, 0) is 19.9 Å². The Balaban J connectivity index is 2.10. The molecule has 0 saturated heterocycles. The molecule has 3 rings (SSSR count). The molecule has 0 spiro atoms. The van der Waals surface area contributed by atoms with Crippen molar-refractivity contribution in [3.05, 3.63) is 28.9 Å². The fourth-order valence-electron chi connectivity index (χ4n) is 2.74. The summed E-state index contributed by atoms with van der Waals surface area (Å²) in [6, 6.07) is 5.03. The first-order chi connectivity index (χ1) is 13.8. The summed E-state index contributed by atoms with van der Waals surface area (Å²) < 4.78 is 5.08. The van der Waals surface area contributed by atoms with E-state index in [-0.39, 0.29) is 29.2 Å². The van der Waals surface area contributed by atoms with Gasteiger partial charge in [-0.3, -0.25) is 4.79 Å². The molecule has 0 fully saturated rings. The summed E-state index contributed by atoms with van der Waals surface area (Å²) in [5.74, 6) is 0.104. The summed E-state index contributed by atoms with van der Waals surface area (Å²) in [4.78, 5) is 23.8. The number of hydrogen-bond donors (Lipinski definition) is 3. The molecule has 0 aliphatic heterocycles. The number of carbonyl (C=O) groups excluding carboxylic acids is 1. The second kappa shape index (κ2) is 8.59. The summed E-state index contributed by atoms with van der Waals surface area (Å²) in [7, 11) is 1.42. The SMILES string of the molecule is COc1cc(Cl)c(-c2nc(SCC(=O)NC(C)C)nc3[nH]cc(C#N)c23)cc1O. The summed E-state index contributed by atoms with van der Waals surface area (Å²) in [6.45, 7) is 3.76. The number of aromatic hydroxyl groups is 1. The van der Waals surface area contributed by atoms with Gasteiger partial charge in [-0.2, -0.15) is 5.26 Å². The van der Waals surface area contributed by atoms with E-state index < -0.39 is 0 Å². The third-order valence-electron chi connectivity index (χ3n) is 3.94. The topological polar surface area (TPSA) is 124 Å². The number of nitriles is 1. The second-order valence-electron chi connectivity index (χ2n) is 6.41. The quantitative estimate of drug-likeness (QED) is 0.403. The van der Waals surface area contributed by atoms with Gasteiger partial charge in [0.05, 0.1) is 34.5 Å². The first-order valence-electron chi connectivity index (χ1n) is 8.62. The lowest BCUT2D eigenvalue weighted by atomic mass is 10.1. The third-order valence-corrected chi connectivity index (χ3v) is 5.10. The van der Waals surface area contributed by atoms with Crippen LogP contribution in [-0.4, -0.2) is 44.9 Å². The molecule has 0 aliphatic carbocycles. The van der Waals surface area contributed by atoms with Gasteiger partial charge in [-0.1, -0.05) is 23.4 Å². The predicted molar refractivity (Wildman–Crippen MR) is 111 cm³/mol. The number of halogens is 1. The lowest BCUT2D eigenvalue weighted by Crippen LogP contribution is -2.31. The van der Waals surface area contributed by atoms with Crippen molar-refractivity contribution in [2.24, 2.45) is 0 Å². The molecule has 0 atom stereocenters. The fraction of sp³-hybridized carbons (Fsp3) is 0.263. The van der Waals surface area contributed by atoms with E-state index in [4.69, 9.17) is 16.3 Å². The highest BCUT2D eigenvalue weighted by Crippen LogP contribution is 2.40. The Hall–Kier alpha value is -2.96. The van der Waals surface area contributed by atoms with E-state index in [2.05, 4.69) is 26.3 Å². The van der Waals surface area contributed by atoms with Gasteiger partial charge in [-0.25, -0.2) is 9.97 Å². The van der Waals surface area contributed by atoms with E-state index in [0.29, 0.717) is 38.0 Å². The smallest absolute Gasteiger partial charge is 0.230 e. The van der Waals surface area contributed by atoms with Crippen molar-refractivity contribution in [1.29, 1.82) is 5.26 Å². The standard InChI is InChI=1S/C19H18ClN5O3S/c1-9(2)23-15(27)8-29-19-24-17(16-10(6-21)7-22-18(16)25-19)11-4-13(26)14(28-3)5-12(11)20/h4-5,7,9,26H,8H2,1-3H3,(H,23,27)(H,22,24,25). The molecular formula is C19H18ClN5O3S. The van der Waals surface area contributed by atoms with Gasteiger partial charge in [-0.15, -0.1) is 0 Å². The summed E-state index contributed by atoms with van der Waals surface area (Å²) in [6.07, 6.45) is 1.53. The highest BCUT2D eigenvalue weighted by molar-refractivity contribution is 7.99. The van der Waals surface area contributed by atoms with Crippen LogP contribution in [0, 0.1) is 11.3 Å². The Kier molecular flexibility index (Phi) is 6.15. The van der Waals surface area contributed by atoms with Crippen molar-refractivity contribution in [3.63, 3.8) is 0 Å². The average molecular weight is 432 g/mol. The number of methoxy groups -OCH3 is 1. The van der Waals surface area contributed by atoms with E-state index in [1.807, 2.05) is 13.8 Å². The number of benzene rings is 1. The molecule has 29 heavy (non-hydrogen) atoms. The van der Waals surface area contributed by atoms with Crippen molar-refractivity contribution in [2.75, 3.05) is 12.9 Å². The van der Waals surface area contributed by atoms with Gasteiger partial charge in [0.2, 0.25) is 5.91 Å². The van der Waals surface area contributed by atoms with Gasteiger partial charge >= 0.3 is 0 Å². The number of amides is 1. The zero-order valence-electron chi connectivity index (χ0n) is 15.9. The molecule has 3 N–H and O–H groups in total. The van der Waals surface area contributed by atoms with Crippen LogP contribution in [-0.2, 0) is 4.79 Å². The Morgan fingerprint density at radius 2 is 2.21 bits per heavy atom. The molecule has 0 saturated carbocycles. The number of rotatable bonds is 6. The van der Waals surface area contributed by atoms with Crippen molar-refractivity contribution in [2.45, 2.75) is 25.0 Å². The molecule has 3 aromatic rings. The van der Waals surface area contributed by atoms with E-state index in [1.165, 1.54) is 25.4 Å². The van der Waals surface area contributed by atoms with Gasteiger partial charge in [0.15, 0.2) is 16.7 Å². The third kappa shape index (κ3) is 4.39. The molecule has 150 valence electrons. The van der Waals surface area contributed by atoms with Crippen LogP contribution in [0.25, 0.3) is 22.3 Å². The van der Waals surface area contributed by atoms with E-state index in [1.54, 1.807) is 0 Å². The minimum absolute atomic E-state index is 0.0322. The number of fused-ring (bicyclic) bond motifs is 1. The van der Waals surface area contributed by atoms with Gasteiger partial charge in [0.1, 0.15) is 11.7 Å². The average Bonchev–Trinajstić information content (AvgIpc) is 3.10. The number of phenols is 1. The number of ether oxygens (including phenoxy) is 1. The minimum atomic E-state index is -0.139. The van der Waals surface area contributed by atoms with Gasteiger partial charge < -0.3 is 20.1 Å². The molecule has 2 aromatic heterocycles. The van der Waals surface area contributed by atoms with Crippen LogP contribution in [0.2, 0.25) is 5.02 Å². The Labute approximate surface area is 176 Å². The molecule has 1 amide bonds. The number of H-pyrrole nitrogens is 1. The molecular weight excluding hydrogens is 414 g/mol. The molecule has 0 unspecified atom stereocenters. The number of aromatic amines is 1. The summed E-state index contributed by atoms with van der Waals surface area (Å²) in [5, 5.41) is 23.6. The van der Waals surface area contributed by atoms with Gasteiger partial charge in [0.25, 0.3) is 0 Å². The van der Waals surface area contributed by atoms with Crippen LogP contribution in [0.3, 0.4) is 0 Å². The first-order valence-corrected chi connectivity index (χ1v) is 9.98. The molecule has 0 bridgehead atoms. The molecule has 0 radical (unpaired) electrons. The molecule has 1 aromatic carbocycles. The molecule has 0 aliphatic rings. The Bertz CT molecular complexity index is 1120. The Morgan fingerprint density at radius 1 is 1.45 bits per heavy atom. The summed E-state index contributed by atoms with van der Waals surface area (Å²) >= 11 is 7.56. The number of hydrogen-bond acceptors (Lipinski definition) is 7. The first kappa shape index (κ1) is 20.8. The highest BCUT2D eigenvalue weighted by atomic mass is 35.5. The van der Waals surface area contributed by atoms with E-state index >= 15 is 0 Å². The van der Waals surface area contributed by atoms with Crippen molar-refractivity contribution < 1.29 is 14.6 Å². The van der Waals surface area contributed by atoms with Crippen LogP contribution in [0.15, 0.2) is 23.5 Å². The van der Waals surface area contributed by atoms with Crippen LogP contribution < -0.4 is 10.1 Å². The Morgan fingerprint density at radius 3 is 2.86 bits per heavy atom. The van der Waals surface area contributed by atoms with Crippen LogP contribution in [0.1, 0.15) is 19.4 Å². The fourth-order valence-corrected chi connectivity index (χ4v) is 3.64. The number of aromatic nitrogens is 3. The van der Waals surface area contributed by atoms with Gasteiger partial charge in [0, 0.05) is 23.9 Å². The second-order valence-corrected chi connectivity index (χ2v) is 7.76. The zero-order chi connectivity index (χ0) is 21.1. The van der Waals surface area contributed by atoms with Crippen LogP contribution in [0.4, 0.5) is 0 Å². The lowest BCUT2D eigenvalue weighted by molar-refractivity contribution is -0.119. The van der Waals surface area contributed by atoms with Crippen LogP contribution in [0.5, 0.6) is 11.5 Å².